The molecule has 1 aliphatic heterocycles. The summed E-state index contributed by atoms with van der Waals surface area (Å²) in [6.45, 7) is 0. The van der Waals surface area contributed by atoms with Crippen molar-refractivity contribution in [2.45, 2.75) is 22.3 Å². The third-order valence-corrected chi connectivity index (χ3v) is 6.88. The third kappa shape index (κ3) is 3.46. The number of thioether (sulfide) groups is 1. The van der Waals surface area contributed by atoms with Gasteiger partial charge in [-0.1, -0.05) is 28.1 Å². The summed E-state index contributed by atoms with van der Waals surface area (Å²) in [5.74, 6) is 0.591. The van der Waals surface area contributed by atoms with Gasteiger partial charge in [-0.05, 0) is 42.0 Å². The fraction of sp³-hybridized carbons (Fsp3) is 0.250. The Hall–Kier alpha value is -1.09. The van der Waals surface area contributed by atoms with Crippen molar-refractivity contribution < 1.29 is 17.5 Å². The first kappa shape index (κ1) is 17.7. The molecule has 0 amide bonds. The molecule has 2 aromatic carbocycles. The van der Waals surface area contributed by atoms with Crippen molar-refractivity contribution in [2.24, 2.45) is 0 Å². The second-order valence-corrected chi connectivity index (χ2v) is 8.97. The molecule has 4 nitrogen and oxygen atoms in total. The molecule has 0 aliphatic carbocycles. The molecule has 3 rings (SSSR count). The van der Waals surface area contributed by atoms with Gasteiger partial charge in [0.05, 0.1) is 7.11 Å². The molecule has 24 heavy (non-hydrogen) atoms. The molecule has 1 heterocycles. The van der Waals surface area contributed by atoms with Crippen molar-refractivity contribution >= 4 is 37.7 Å². The van der Waals surface area contributed by atoms with E-state index in [9.17, 15) is 12.8 Å². The molecule has 1 aliphatic rings. The standard InChI is InChI=1S/C16H15BrFNO3S2/c1-22-14-6-5-10(17)9-15(14)24(20,21)19-13-7-8-23-16-11(13)3-2-4-12(16)18/h2-6,9,13,19H,7-8H2,1H3/t13-/m1/s1. The number of hydrogen-bond donors (Lipinski definition) is 1. The number of methoxy groups -OCH3 is 1. The quantitative estimate of drug-likeness (QED) is 0.790. The van der Waals surface area contributed by atoms with Gasteiger partial charge < -0.3 is 4.74 Å². The molecular formula is C16H15BrFNO3S2. The molecule has 0 radical (unpaired) electrons. The van der Waals surface area contributed by atoms with Gasteiger partial charge >= 0.3 is 0 Å². The van der Waals surface area contributed by atoms with Crippen LogP contribution in [0.4, 0.5) is 4.39 Å². The third-order valence-electron chi connectivity index (χ3n) is 3.74. The molecule has 0 saturated carbocycles. The molecular weight excluding hydrogens is 417 g/mol. The Bertz CT molecular complexity index is 874. The van der Waals surface area contributed by atoms with Crippen molar-refractivity contribution in [1.82, 2.24) is 4.72 Å². The number of rotatable bonds is 4. The zero-order valence-corrected chi connectivity index (χ0v) is 16.0. The molecule has 0 bridgehead atoms. The van der Waals surface area contributed by atoms with Gasteiger partial charge in [0.25, 0.3) is 0 Å². The second-order valence-electron chi connectivity index (χ2n) is 5.26. The predicted octanol–water partition coefficient (Wildman–Crippen LogP) is 4.11. The van der Waals surface area contributed by atoms with Crippen LogP contribution in [-0.4, -0.2) is 21.3 Å². The number of halogens is 2. The molecule has 2 aromatic rings. The largest absolute Gasteiger partial charge is 0.495 e. The summed E-state index contributed by atoms with van der Waals surface area (Å²) < 4.78 is 48.1. The highest BCUT2D eigenvalue weighted by Crippen LogP contribution is 2.39. The topological polar surface area (TPSA) is 55.4 Å². The smallest absolute Gasteiger partial charge is 0.244 e. The monoisotopic (exact) mass is 431 g/mol. The average Bonchev–Trinajstić information content (AvgIpc) is 2.55. The summed E-state index contributed by atoms with van der Waals surface area (Å²) >= 11 is 4.69. The molecule has 0 spiro atoms. The molecule has 128 valence electrons. The van der Waals surface area contributed by atoms with Crippen LogP contribution in [0.2, 0.25) is 0 Å². The van der Waals surface area contributed by atoms with Crippen molar-refractivity contribution in [3.8, 4) is 5.75 Å². The number of hydrogen-bond acceptors (Lipinski definition) is 4. The number of benzene rings is 2. The van der Waals surface area contributed by atoms with E-state index in [0.29, 0.717) is 27.1 Å². The van der Waals surface area contributed by atoms with Gasteiger partial charge in [-0.3, -0.25) is 0 Å². The van der Waals surface area contributed by atoms with E-state index >= 15 is 0 Å². The fourth-order valence-corrected chi connectivity index (χ4v) is 5.72. The Morgan fingerprint density at radius 2 is 2.12 bits per heavy atom. The van der Waals surface area contributed by atoms with Crippen LogP contribution in [0.25, 0.3) is 0 Å². The van der Waals surface area contributed by atoms with Crippen LogP contribution in [-0.2, 0) is 10.0 Å². The second kappa shape index (κ2) is 7.03. The van der Waals surface area contributed by atoms with Crippen LogP contribution >= 0.6 is 27.7 Å². The van der Waals surface area contributed by atoms with Crippen molar-refractivity contribution in [1.29, 1.82) is 0 Å². The van der Waals surface area contributed by atoms with Gasteiger partial charge in [0.2, 0.25) is 10.0 Å². The average molecular weight is 432 g/mol. The number of ether oxygens (including phenoxy) is 1. The van der Waals surface area contributed by atoms with E-state index in [1.165, 1.54) is 31.0 Å². The Balaban J connectivity index is 1.98. The SMILES string of the molecule is COc1ccc(Br)cc1S(=O)(=O)N[C@@H]1CCSc2c(F)cccc21. The summed E-state index contributed by atoms with van der Waals surface area (Å²) in [5.41, 5.74) is 0.670. The van der Waals surface area contributed by atoms with Gasteiger partial charge in [0, 0.05) is 15.4 Å². The lowest BCUT2D eigenvalue weighted by atomic mass is 10.0. The minimum Gasteiger partial charge on any atom is -0.495 e. The summed E-state index contributed by atoms with van der Waals surface area (Å²) in [5, 5.41) is 0. The van der Waals surface area contributed by atoms with Crippen LogP contribution in [0.3, 0.4) is 0 Å². The van der Waals surface area contributed by atoms with E-state index in [4.69, 9.17) is 4.74 Å². The Morgan fingerprint density at radius 1 is 1.33 bits per heavy atom. The first-order chi connectivity index (χ1) is 11.4. The highest BCUT2D eigenvalue weighted by atomic mass is 79.9. The summed E-state index contributed by atoms with van der Waals surface area (Å²) in [4.78, 5) is 0.563. The minimum absolute atomic E-state index is 0.0514. The van der Waals surface area contributed by atoms with E-state index < -0.39 is 16.1 Å². The Labute approximate surface area is 153 Å². The van der Waals surface area contributed by atoms with Gasteiger partial charge in [0.1, 0.15) is 16.5 Å². The first-order valence-electron chi connectivity index (χ1n) is 7.19. The van der Waals surface area contributed by atoms with E-state index in [1.807, 2.05) is 0 Å². The highest BCUT2D eigenvalue weighted by molar-refractivity contribution is 9.10. The predicted molar refractivity (Wildman–Crippen MR) is 95.5 cm³/mol. The molecule has 1 N–H and O–H groups in total. The van der Waals surface area contributed by atoms with E-state index in [0.717, 1.165) is 0 Å². The first-order valence-corrected chi connectivity index (χ1v) is 10.5. The fourth-order valence-electron chi connectivity index (χ4n) is 2.62. The van der Waals surface area contributed by atoms with Gasteiger partial charge in [-0.2, -0.15) is 0 Å². The lowest BCUT2D eigenvalue weighted by molar-refractivity contribution is 0.401. The van der Waals surface area contributed by atoms with Crippen LogP contribution in [0.15, 0.2) is 50.7 Å². The summed E-state index contributed by atoms with van der Waals surface area (Å²) in [6.07, 6.45) is 0.594. The Kier molecular flexibility index (Phi) is 5.19. The summed E-state index contributed by atoms with van der Waals surface area (Å²) in [7, 11) is -2.40. The van der Waals surface area contributed by atoms with Crippen molar-refractivity contribution in [3.05, 3.63) is 52.3 Å². The zero-order valence-electron chi connectivity index (χ0n) is 12.8. The normalized spacial score (nSPS) is 17.4. The van der Waals surface area contributed by atoms with Crippen LogP contribution in [0.5, 0.6) is 5.75 Å². The lowest BCUT2D eigenvalue weighted by Gasteiger charge is -2.26. The van der Waals surface area contributed by atoms with E-state index in [1.54, 1.807) is 24.3 Å². The molecule has 8 heteroatoms. The highest BCUT2D eigenvalue weighted by Gasteiger charge is 2.29. The maximum atomic E-state index is 13.9. The molecule has 0 saturated heterocycles. The Morgan fingerprint density at radius 3 is 2.88 bits per heavy atom. The van der Waals surface area contributed by atoms with Crippen molar-refractivity contribution in [2.75, 3.05) is 12.9 Å². The maximum Gasteiger partial charge on any atom is 0.244 e. The van der Waals surface area contributed by atoms with Gasteiger partial charge in [-0.15, -0.1) is 11.8 Å². The van der Waals surface area contributed by atoms with Gasteiger partial charge in [-0.25, -0.2) is 17.5 Å². The van der Waals surface area contributed by atoms with Crippen LogP contribution in [0, 0.1) is 5.82 Å². The summed E-state index contributed by atoms with van der Waals surface area (Å²) in [6, 6.07) is 9.07. The van der Waals surface area contributed by atoms with Crippen molar-refractivity contribution in [3.63, 3.8) is 0 Å². The molecule has 0 unspecified atom stereocenters. The number of fused-ring (bicyclic) bond motifs is 1. The van der Waals surface area contributed by atoms with Gasteiger partial charge in [0.15, 0.2) is 0 Å². The molecule has 0 fully saturated rings. The van der Waals surface area contributed by atoms with E-state index in [2.05, 4.69) is 20.7 Å². The number of nitrogens with one attached hydrogen (secondary N) is 1. The number of sulfonamides is 1. The minimum atomic E-state index is -3.82. The molecule has 1 atom stereocenters. The maximum absolute atomic E-state index is 13.9. The van der Waals surface area contributed by atoms with Crippen LogP contribution in [0.1, 0.15) is 18.0 Å². The zero-order chi connectivity index (χ0) is 17.3. The van der Waals surface area contributed by atoms with Crippen LogP contribution < -0.4 is 9.46 Å². The van der Waals surface area contributed by atoms with E-state index in [-0.39, 0.29) is 16.5 Å². The lowest BCUT2D eigenvalue weighted by Crippen LogP contribution is -2.31. The molecule has 0 aromatic heterocycles.